The van der Waals surface area contributed by atoms with Crippen molar-refractivity contribution in [1.29, 1.82) is 0 Å². The largest absolute Gasteiger partial charge is 0.486 e. The van der Waals surface area contributed by atoms with E-state index >= 15 is 0 Å². The van der Waals surface area contributed by atoms with Gasteiger partial charge in [-0.3, -0.25) is 9.59 Å². The molecule has 4 rings (SSSR count). The summed E-state index contributed by atoms with van der Waals surface area (Å²) in [5.41, 5.74) is 0.890. The topological polar surface area (TPSA) is 89.6 Å². The Kier molecular flexibility index (Phi) is 5.49. The molecule has 2 aromatic carbocycles. The van der Waals surface area contributed by atoms with Gasteiger partial charge in [-0.15, -0.1) is 0 Å². The zero-order valence-electron chi connectivity index (χ0n) is 15.1. The van der Waals surface area contributed by atoms with Crippen molar-refractivity contribution in [2.75, 3.05) is 18.5 Å². The van der Waals surface area contributed by atoms with Crippen LogP contribution in [0.15, 0.2) is 30.3 Å². The summed E-state index contributed by atoms with van der Waals surface area (Å²) in [6.45, 7) is 2.55. The van der Waals surface area contributed by atoms with Crippen molar-refractivity contribution in [3.63, 3.8) is 0 Å². The van der Waals surface area contributed by atoms with Crippen LogP contribution in [0.5, 0.6) is 11.5 Å². The fraction of sp³-hybridized carbons (Fsp3) is 0.211. The Hall–Kier alpha value is -2.55. The molecule has 0 saturated carbocycles. The maximum atomic E-state index is 12.5. The van der Waals surface area contributed by atoms with E-state index in [1.54, 1.807) is 25.1 Å². The Bertz CT molecular complexity index is 1080. The van der Waals surface area contributed by atoms with Gasteiger partial charge in [0.05, 0.1) is 25.8 Å². The van der Waals surface area contributed by atoms with Crippen molar-refractivity contribution in [3.8, 4) is 11.5 Å². The molecule has 0 saturated heterocycles. The SMILES string of the molecule is CC(NC(=O)c1cccc(Cl)c1Cl)C(=O)Nc1nc2cc3c(cc2s1)OCCO3. The fourth-order valence-electron chi connectivity index (χ4n) is 2.75. The molecule has 0 fully saturated rings. The van der Waals surface area contributed by atoms with Gasteiger partial charge in [0, 0.05) is 12.1 Å². The van der Waals surface area contributed by atoms with Crippen molar-refractivity contribution in [1.82, 2.24) is 10.3 Å². The zero-order valence-corrected chi connectivity index (χ0v) is 17.5. The van der Waals surface area contributed by atoms with Gasteiger partial charge in [0.2, 0.25) is 5.91 Å². The van der Waals surface area contributed by atoms with Crippen molar-refractivity contribution >= 4 is 61.7 Å². The van der Waals surface area contributed by atoms with Crippen LogP contribution < -0.4 is 20.1 Å². The average molecular weight is 452 g/mol. The molecule has 1 aromatic heterocycles. The predicted octanol–water partition coefficient (Wildman–Crippen LogP) is 4.13. The van der Waals surface area contributed by atoms with E-state index in [4.69, 9.17) is 32.7 Å². The molecule has 0 aliphatic carbocycles. The third-order valence-corrected chi connectivity index (χ3v) is 5.97. The van der Waals surface area contributed by atoms with Gasteiger partial charge in [0.15, 0.2) is 16.6 Å². The number of anilines is 1. The third-order valence-electron chi connectivity index (χ3n) is 4.22. The van der Waals surface area contributed by atoms with Gasteiger partial charge in [-0.05, 0) is 19.1 Å². The number of nitrogens with zero attached hydrogens (tertiary/aromatic N) is 1. The fourth-order valence-corrected chi connectivity index (χ4v) is 4.02. The number of amides is 2. The minimum atomic E-state index is -0.815. The standard InChI is InChI=1S/C19H15Cl2N3O4S/c1-9(22-18(26)10-3-2-4-11(20)16(10)21)17(25)24-19-23-12-7-13-14(8-15(12)29-19)28-6-5-27-13/h2-4,7-9H,5-6H2,1H3,(H,22,26)(H,23,24,25). The van der Waals surface area contributed by atoms with E-state index in [2.05, 4.69) is 15.6 Å². The maximum absolute atomic E-state index is 12.5. The van der Waals surface area contributed by atoms with Gasteiger partial charge < -0.3 is 20.1 Å². The highest BCUT2D eigenvalue weighted by atomic mass is 35.5. The van der Waals surface area contributed by atoms with E-state index < -0.39 is 17.9 Å². The number of thiazole rings is 1. The van der Waals surface area contributed by atoms with E-state index in [9.17, 15) is 9.59 Å². The Balaban J connectivity index is 1.45. The molecule has 2 heterocycles. The lowest BCUT2D eigenvalue weighted by molar-refractivity contribution is -0.117. The molecule has 1 unspecified atom stereocenters. The average Bonchev–Trinajstić information content (AvgIpc) is 3.08. The van der Waals surface area contributed by atoms with E-state index in [1.165, 1.54) is 17.4 Å². The number of rotatable bonds is 4. The Morgan fingerprint density at radius 1 is 1.17 bits per heavy atom. The van der Waals surface area contributed by atoms with Crippen molar-refractivity contribution in [3.05, 3.63) is 45.9 Å². The van der Waals surface area contributed by atoms with E-state index in [0.29, 0.717) is 35.4 Å². The van der Waals surface area contributed by atoms with E-state index in [1.807, 2.05) is 6.07 Å². The summed E-state index contributed by atoms with van der Waals surface area (Å²) in [6.07, 6.45) is 0. The normalized spacial score (nSPS) is 13.8. The monoisotopic (exact) mass is 451 g/mol. The van der Waals surface area contributed by atoms with Crippen LogP contribution in [0.3, 0.4) is 0 Å². The summed E-state index contributed by atoms with van der Waals surface area (Å²) in [7, 11) is 0. The molecule has 1 aliphatic heterocycles. The molecule has 3 aromatic rings. The highest BCUT2D eigenvalue weighted by molar-refractivity contribution is 7.22. The lowest BCUT2D eigenvalue weighted by Gasteiger charge is -2.17. The predicted molar refractivity (Wildman–Crippen MR) is 113 cm³/mol. The van der Waals surface area contributed by atoms with Gasteiger partial charge in [0.25, 0.3) is 5.91 Å². The second-order valence-electron chi connectivity index (χ2n) is 6.27. The summed E-state index contributed by atoms with van der Waals surface area (Å²) in [6, 6.07) is 7.53. The summed E-state index contributed by atoms with van der Waals surface area (Å²) < 4.78 is 12.0. The van der Waals surface area contributed by atoms with Gasteiger partial charge in [0.1, 0.15) is 19.3 Å². The summed E-state index contributed by atoms with van der Waals surface area (Å²) in [5, 5.41) is 6.14. The number of halogens is 2. The van der Waals surface area contributed by atoms with Crippen LogP contribution in [0.2, 0.25) is 10.0 Å². The molecule has 10 heteroatoms. The third kappa shape index (κ3) is 4.10. The summed E-state index contributed by atoms with van der Waals surface area (Å²) in [5.74, 6) is 0.384. The number of aromatic nitrogens is 1. The van der Waals surface area contributed by atoms with Crippen LogP contribution in [0.4, 0.5) is 5.13 Å². The first-order valence-corrected chi connectivity index (χ1v) is 10.3. The Morgan fingerprint density at radius 3 is 2.66 bits per heavy atom. The molecule has 7 nitrogen and oxygen atoms in total. The zero-order chi connectivity index (χ0) is 20.5. The number of nitrogens with one attached hydrogen (secondary N) is 2. The first-order chi connectivity index (χ1) is 13.9. The van der Waals surface area contributed by atoms with E-state index in [-0.39, 0.29) is 15.6 Å². The molecular formula is C19H15Cl2N3O4S. The minimum absolute atomic E-state index is 0.138. The summed E-state index contributed by atoms with van der Waals surface area (Å²) >= 11 is 13.3. The molecular weight excluding hydrogens is 437 g/mol. The second kappa shape index (κ2) is 8.06. The number of benzene rings is 2. The number of fused-ring (bicyclic) bond motifs is 2. The Morgan fingerprint density at radius 2 is 1.90 bits per heavy atom. The van der Waals surface area contributed by atoms with Crippen molar-refractivity contribution < 1.29 is 19.1 Å². The lowest BCUT2D eigenvalue weighted by atomic mass is 10.2. The van der Waals surface area contributed by atoms with Gasteiger partial charge in [-0.2, -0.15) is 0 Å². The smallest absolute Gasteiger partial charge is 0.253 e. The molecule has 2 N–H and O–H groups in total. The van der Waals surface area contributed by atoms with Crippen LogP contribution in [0.1, 0.15) is 17.3 Å². The minimum Gasteiger partial charge on any atom is -0.486 e. The molecule has 0 spiro atoms. The molecule has 29 heavy (non-hydrogen) atoms. The number of carbonyl (C=O) groups excluding carboxylic acids is 2. The lowest BCUT2D eigenvalue weighted by Crippen LogP contribution is -2.41. The van der Waals surface area contributed by atoms with Crippen LogP contribution in [-0.2, 0) is 4.79 Å². The molecule has 1 atom stereocenters. The first kappa shape index (κ1) is 19.8. The molecule has 0 bridgehead atoms. The molecule has 150 valence electrons. The van der Waals surface area contributed by atoms with Gasteiger partial charge >= 0.3 is 0 Å². The number of ether oxygens (including phenoxy) is 2. The van der Waals surface area contributed by atoms with Crippen LogP contribution >= 0.6 is 34.5 Å². The highest BCUT2D eigenvalue weighted by Crippen LogP contribution is 2.37. The number of hydrogen-bond acceptors (Lipinski definition) is 6. The first-order valence-electron chi connectivity index (χ1n) is 8.68. The maximum Gasteiger partial charge on any atom is 0.253 e. The van der Waals surface area contributed by atoms with Crippen LogP contribution in [0.25, 0.3) is 10.2 Å². The van der Waals surface area contributed by atoms with Crippen LogP contribution in [-0.4, -0.2) is 36.1 Å². The van der Waals surface area contributed by atoms with E-state index in [0.717, 1.165) is 4.70 Å². The number of carbonyl (C=O) groups is 2. The van der Waals surface area contributed by atoms with Gasteiger partial charge in [-0.1, -0.05) is 40.6 Å². The van der Waals surface area contributed by atoms with Crippen LogP contribution in [0, 0.1) is 0 Å². The van der Waals surface area contributed by atoms with Gasteiger partial charge in [-0.25, -0.2) is 4.98 Å². The quantitative estimate of drug-likeness (QED) is 0.622. The van der Waals surface area contributed by atoms with Crippen molar-refractivity contribution in [2.24, 2.45) is 0 Å². The second-order valence-corrected chi connectivity index (χ2v) is 8.08. The Labute approximate surface area is 179 Å². The molecule has 1 aliphatic rings. The van der Waals surface area contributed by atoms with Crippen molar-refractivity contribution in [2.45, 2.75) is 13.0 Å². The summed E-state index contributed by atoms with van der Waals surface area (Å²) in [4.78, 5) is 29.3. The highest BCUT2D eigenvalue weighted by Gasteiger charge is 2.21. The molecule has 0 radical (unpaired) electrons. The molecule has 2 amide bonds. The number of hydrogen-bond donors (Lipinski definition) is 2.